The van der Waals surface area contributed by atoms with Gasteiger partial charge in [-0.3, -0.25) is 9.59 Å². The minimum atomic E-state index is -0.0673. The number of rotatable bonds is 2. The molecule has 1 unspecified atom stereocenters. The first-order valence-electron chi connectivity index (χ1n) is 7.65. The molecule has 2 fully saturated rings. The zero-order chi connectivity index (χ0) is 14.9. The molecule has 2 amide bonds. The predicted molar refractivity (Wildman–Crippen MR) is 78.2 cm³/mol. The highest BCUT2D eigenvalue weighted by Gasteiger charge is 2.42. The topological polar surface area (TPSA) is 61.4 Å². The van der Waals surface area contributed by atoms with E-state index in [2.05, 4.69) is 38.3 Å². The first kappa shape index (κ1) is 15.3. The maximum Gasteiger partial charge on any atom is 0.239 e. The van der Waals surface area contributed by atoms with E-state index in [0.717, 1.165) is 25.9 Å². The van der Waals surface area contributed by atoms with Crippen LogP contribution in [0.3, 0.4) is 0 Å². The maximum atomic E-state index is 12.9. The molecule has 2 aliphatic heterocycles. The first-order chi connectivity index (χ1) is 9.34. The van der Waals surface area contributed by atoms with Crippen molar-refractivity contribution in [3.05, 3.63) is 0 Å². The molecule has 0 aromatic rings. The summed E-state index contributed by atoms with van der Waals surface area (Å²) in [7, 11) is 0. The molecule has 5 heteroatoms. The number of piperazine rings is 1. The highest BCUT2D eigenvalue weighted by atomic mass is 16.2. The molecule has 114 valence electrons. The molecule has 2 heterocycles. The summed E-state index contributed by atoms with van der Waals surface area (Å²) in [5.41, 5.74) is -0.0673. The molecule has 0 spiro atoms. The third-order valence-electron chi connectivity index (χ3n) is 4.54. The number of hydrogen-bond acceptors (Lipinski definition) is 3. The minimum absolute atomic E-state index is 0.0241. The number of hydrogen-bond donors (Lipinski definition) is 2. The van der Waals surface area contributed by atoms with Crippen molar-refractivity contribution < 1.29 is 9.59 Å². The average molecular weight is 281 g/mol. The van der Waals surface area contributed by atoms with Crippen LogP contribution in [-0.2, 0) is 9.59 Å². The van der Waals surface area contributed by atoms with Crippen LogP contribution in [0.25, 0.3) is 0 Å². The molecule has 0 saturated carbocycles. The zero-order valence-electron chi connectivity index (χ0n) is 13.0. The third kappa shape index (κ3) is 2.97. The van der Waals surface area contributed by atoms with Crippen molar-refractivity contribution in [2.45, 2.75) is 52.6 Å². The smallest absolute Gasteiger partial charge is 0.239 e. The molecule has 0 aliphatic carbocycles. The van der Waals surface area contributed by atoms with Crippen LogP contribution in [-0.4, -0.2) is 48.4 Å². The lowest BCUT2D eigenvalue weighted by atomic mass is 9.77. The van der Waals surface area contributed by atoms with Crippen LogP contribution in [0, 0.1) is 11.3 Å². The molecule has 20 heavy (non-hydrogen) atoms. The van der Waals surface area contributed by atoms with E-state index in [0.29, 0.717) is 0 Å². The van der Waals surface area contributed by atoms with Gasteiger partial charge in [0.1, 0.15) is 0 Å². The Bertz CT molecular complexity index is 389. The summed E-state index contributed by atoms with van der Waals surface area (Å²) in [6, 6.07) is 0.212. The number of nitrogens with one attached hydrogen (secondary N) is 2. The van der Waals surface area contributed by atoms with Gasteiger partial charge in [0.2, 0.25) is 11.8 Å². The molecule has 0 bridgehead atoms. The third-order valence-corrected chi connectivity index (χ3v) is 4.54. The maximum absolute atomic E-state index is 12.9. The lowest BCUT2D eigenvalue weighted by Crippen LogP contribution is -2.68. The van der Waals surface area contributed by atoms with Crippen molar-refractivity contribution in [2.75, 3.05) is 19.6 Å². The van der Waals surface area contributed by atoms with Gasteiger partial charge in [-0.1, -0.05) is 27.7 Å². The van der Waals surface area contributed by atoms with Gasteiger partial charge in [0.05, 0.1) is 18.6 Å². The number of nitrogens with zero attached hydrogens (tertiary/aromatic N) is 1. The number of amides is 2. The van der Waals surface area contributed by atoms with Crippen molar-refractivity contribution in [1.29, 1.82) is 0 Å². The monoisotopic (exact) mass is 281 g/mol. The van der Waals surface area contributed by atoms with Gasteiger partial charge in [0, 0.05) is 12.5 Å². The van der Waals surface area contributed by atoms with E-state index < -0.39 is 0 Å². The zero-order valence-corrected chi connectivity index (χ0v) is 13.0. The Balaban J connectivity index is 2.19. The largest absolute Gasteiger partial charge is 0.348 e. The number of carbonyl (C=O) groups excluding carboxylic acids is 2. The van der Waals surface area contributed by atoms with E-state index in [-0.39, 0.29) is 41.8 Å². The molecular formula is C15H27N3O2. The Morgan fingerprint density at radius 1 is 1.45 bits per heavy atom. The van der Waals surface area contributed by atoms with Crippen LogP contribution in [0.1, 0.15) is 40.5 Å². The van der Waals surface area contributed by atoms with Crippen molar-refractivity contribution in [1.82, 2.24) is 15.5 Å². The predicted octanol–water partition coefficient (Wildman–Crippen LogP) is 0.748. The van der Waals surface area contributed by atoms with Crippen molar-refractivity contribution >= 4 is 11.8 Å². The van der Waals surface area contributed by atoms with E-state index in [4.69, 9.17) is 0 Å². The first-order valence-corrected chi connectivity index (χ1v) is 7.65. The average Bonchev–Trinajstić information content (AvgIpc) is 2.36. The Labute approximate surface area is 121 Å². The van der Waals surface area contributed by atoms with Crippen molar-refractivity contribution in [3.63, 3.8) is 0 Å². The summed E-state index contributed by atoms with van der Waals surface area (Å²) < 4.78 is 0. The van der Waals surface area contributed by atoms with Crippen LogP contribution in [0.4, 0.5) is 0 Å². The van der Waals surface area contributed by atoms with Gasteiger partial charge in [-0.15, -0.1) is 0 Å². The van der Waals surface area contributed by atoms with Gasteiger partial charge in [-0.05, 0) is 24.8 Å². The van der Waals surface area contributed by atoms with E-state index in [1.165, 1.54) is 0 Å². The lowest BCUT2D eigenvalue weighted by Gasteiger charge is -2.46. The fourth-order valence-electron chi connectivity index (χ4n) is 3.49. The van der Waals surface area contributed by atoms with Gasteiger partial charge >= 0.3 is 0 Å². The number of fused-ring (bicyclic) bond motifs is 1. The molecule has 3 atom stereocenters. The van der Waals surface area contributed by atoms with E-state index in [9.17, 15) is 9.59 Å². The molecule has 0 aromatic heterocycles. The Morgan fingerprint density at radius 3 is 2.75 bits per heavy atom. The van der Waals surface area contributed by atoms with E-state index in [1.54, 1.807) is 0 Å². The Hall–Kier alpha value is -1.10. The molecule has 2 aliphatic rings. The molecule has 2 saturated heterocycles. The summed E-state index contributed by atoms with van der Waals surface area (Å²) in [6.07, 6.45) is 1.73. The van der Waals surface area contributed by atoms with Gasteiger partial charge in [0.25, 0.3) is 0 Å². The molecule has 5 nitrogen and oxygen atoms in total. The fourth-order valence-corrected chi connectivity index (χ4v) is 3.49. The number of carbonyl (C=O) groups is 2. The molecule has 2 rings (SSSR count). The highest BCUT2D eigenvalue weighted by Crippen LogP contribution is 2.32. The quantitative estimate of drug-likeness (QED) is 0.785. The van der Waals surface area contributed by atoms with Crippen LogP contribution >= 0.6 is 0 Å². The van der Waals surface area contributed by atoms with Crippen molar-refractivity contribution in [3.8, 4) is 0 Å². The second-order valence-corrected chi connectivity index (χ2v) is 7.03. The lowest BCUT2D eigenvalue weighted by molar-refractivity contribution is -0.150. The standard InChI is InChI=1S/C15H27N3O2/c1-5-10(15(2,3)4)14(20)18-9-13(19)17-11-8-16-7-6-12(11)18/h10-12,16H,5-9H2,1-4H3,(H,17,19)/t10?,11-,12+/m1/s1. The van der Waals surface area contributed by atoms with Gasteiger partial charge in [-0.2, -0.15) is 0 Å². The molecule has 0 aromatic carbocycles. The fraction of sp³-hybridized carbons (Fsp3) is 0.867. The molecular weight excluding hydrogens is 254 g/mol. The van der Waals surface area contributed by atoms with Gasteiger partial charge in [-0.25, -0.2) is 0 Å². The van der Waals surface area contributed by atoms with Crippen LogP contribution < -0.4 is 10.6 Å². The second-order valence-electron chi connectivity index (χ2n) is 7.03. The molecule has 2 N–H and O–H groups in total. The van der Waals surface area contributed by atoms with E-state index in [1.807, 2.05) is 4.90 Å². The van der Waals surface area contributed by atoms with Gasteiger partial charge < -0.3 is 15.5 Å². The summed E-state index contributed by atoms with van der Waals surface area (Å²) in [6.45, 7) is 10.2. The summed E-state index contributed by atoms with van der Waals surface area (Å²) in [5.74, 6) is 0.0859. The second kappa shape index (κ2) is 5.72. The highest BCUT2D eigenvalue weighted by molar-refractivity contribution is 5.88. The Kier molecular flexibility index (Phi) is 4.37. The Morgan fingerprint density at radius 2 is 2.15 bits per heavy atom. The number of piperidine rings is 1. The minimum Gasteiger partial charge on any atom is -0.348 e. The summed E-state index contributed by atoms with van der Waals surface area (Å²) in [4.78, 5) is 26.6. The van der Waals surface area contributed by atoms with Crippen LogP contribution in [0.2, 0.25) is 0 Å². The molecule has 0 radical (unpaired) electrons. The summed E-state index contributed by atoms with van der Waals surface area (Å²) in [5, 5.41) is 6.29. The van der Waals surface area contributed by atoms with Crippen molar-refractivity contribution in [2.24, 2.45) is 11.3 Å². The van der Waals surface area contributed by atoms with Crippen LogP contribution in [0.5, 0.6) is 0 Å². The van der Waals surface area contributed by atoms with E-state index >= 15 is 0 Å². The van der Waals surface area contributed by atoms with Crippen LogP contribution in [0.15, 0.2) is 0 Å². The SMILES string of the molecule is CCC(C(=O)N1CC(=O)N[C@@H]2CNCC[C@@H]21)C(C)(C)C. The van der Waals surface area contributed by atoms with Gasteiger partial charge in [0.15, 0.2) is 0 Å². The normalized spacial score (nSPS) is 28.6. The summed E-state index contributed by atoms with van der Waals surface area (Å²) >= 11 is 0.